The minimum Gasteiger partial charge on any atom is -0.426 e. The summed E-state index contributed by atoms with van der Waals surface area (Å²) >= 11 is 0. The molecule has 0 radical (unpaired) electrons. The van der Waals surface area contributed by atoms with Gasteiger partial charge in [-0.3, -0.25) is 62.9 Å². The number of hydrogen-bond acceptors (Lipinski definition) is 16. The summed E-state index contributed by atoms with van der Waals surface area (Å²) in [7, 11) is 3.43. The number of nitrogens with one attached hydrogen (secondary N) is 3. The third-order valence-corrected chi connectivity index (χ3v) is 14.5. The lowest BCUT2D eigenvalue weighted by Gasteiger charge is -2.33. The highest BCUT2D eigenvalue weighted by Gasteiger charge is 2.61. The van der Waals surface area contributed by atoms with E-state index in [1.165, 1.54) is 11.8 Å². The van der Waals surface area contributed by atoms with Gasteiger partial charge >= 0.3 is 7.12 Å². The molecule has 27 heteroatoms. The Balaban J connectivity index is 1.28. The van der Waals surface area contributed by atoms with Gasteiger partial charge in [-0.25, -0.2) is 0 Å². The minimum absolute atomic E-state index is 0.00953. The zero-order chi connectivity index (χ0) is 54.0. The topological polar surface area (TPSA) is 372 Å². The van der Waals surface area contributed by atoms with E-state index < -0.39 is 54.4 Å². The molecule has 2 aliphatic carbocycles. The second-order valence-corrected chi connectivity index (χ2v) is 20.6. The van der Waals surface area contributed by atoms with Crippen LogP contribution >= 0.6 is 0 Å². The molecule has 5 atom stereocenters. The second-order valence-electron chi connectivity index (χ2n) is 20.6. The van der Waals surface area contributed by atoms with Crippen LogP contribution in [0.5, 0.6) is 0 Å². The van der Waals surface area contributed by atoms with E-state index in [0.29, 0.717) is 129 Å². The standard InChI is InChI=1S/C46H84BN15O11/c1-31(43(70)62-26-35(63)23-36(62)47(72)73)54-42(69)33-10-8-32(9-11-33)25-53-40(67)7-5-6-14-57(4)44(71)46(24-34(46)12-13-52-45(51)56(2)3)55-41(68)30-61-21-19-59(28-38(49)65)17-15-58(27-37(48)64)16-18-60(20-22-61)29-39(50)66/h31-36,63,72-73H,5-30H2,1-4H3,(H2,48,64)(H2,49,65)(H2,50,66)(H2,51,52)(H,53,67)(H,54,69)(H,55,68)/t31-,32?,33?,34?,35+,36+,46?/m1/s1. The number of unbranched alkanes of at least 4 members (excludes halogenated alkanes) is 1. The number of aliphatic imine (C=N–C) groups is 1. The number of primary amides is 3. The van der Waals surface area contributed by atoms with Crippen LogP contribution < -0.4 is 38.9 Å². The molecule has 0 aromatic rings. The highest BCUT2D eigenvalue weighted by Crippen LogP contribution is 2.47. The largest absolute Gasteiger partial charge is 0.475 e. The van der Waals surface area contributed by atoms with Crippen LogP contribution in [-0.4, -0.2) is 259 Å². The molecule has 2 unspecified atom stereocenters. The average molecular weight is 1030 g/mol. The van der Waals surface area contributed by atoms with Crippen molar-refractivity contribution < 1.29 is 53.5 Å². The first-order valence-corrected chi connectivity index (χ1v) is 25.7. The Kier molecular flexibility index (Phi) is 24.0. The van der Waals surface area contributed by atoms with Crippen molar-refractivity contribution >= 4 is 60.3 Å². The smallest absolute Gasteiger partial charge is 0.426 e. The van der Waals surface area contributed by atoms with E-state index in [1.54, 1.807) is 30.9 Å². The van der Waals surface area contributed by atoms with Crippen LogP contribution in [0.1, 0.15) is 71.1 Å². The van der Waals surface area contributed by atoms with Crippen molar-refractivity contribution in [3.63, 3.8) is 0 Å². The third-order valence-electron chi connectivity index (χ3n) is 14.5. The van der Waals surface area contributed by atoms with Gasteiger partial charge in [0.05, 0.1) is 38.2 Å². The first-order valence-electron chi connectivity index (χ1n) is 25.7. The molecule has 14 N–H and O–H groups in total. The van der Waals surface area contributed by atoms with Crippen molar-refractivity contribution in [1.82, 2.24) is 50.2 Å². The van der Waals surface area contributed by atoms with Gasteiger partial charge in [0.1, 0.15) is 11.6 Å². The fourth-order valence-electron chi connectivity index (χ4n) is 10.1. The van der Waals surface area contributed by atoms with Gasteiger partial charge in [-0.1, -0.05) is 0 Å². The van der Waals surface area contributed by atoms with Crippen LogP contribution in [0.4, 0.5) is 0 Å². The highest BCUT2D eigenvalue weighted by atomic mass is 16.4. The van der Waals surface area contributed by atoms with E-state index in [0.717, 1.165) is 0 Å². The Morgan fingerprint density at radius 2 is 1.27 bits per heavy atom. The summed E-state index contributed by atoms with van der Waals surface area (Å²) < 4.78 is 0. The summed E-state index contributed by atoms with van der Waals surface area (Å²) in [4.78, 5) is 120. The molecule has 2 saturated carbocycles. The Morgan fingerprint density at radius 3 is 1.77 bits per heavy atom. The van der Waals surface area contributed by atoms with Gasteiger partial charge in [0.15, 0.2) is 5.96 Å². The number of nitrogens with zero attached hydrogens (tertiary/aromatic N) is 8. The molecule has 2 heterocycles. The Labute approximate surface area is 429 Å². The number of carbonyl (C=O) groups excluding carboxylic acids is 8. The maximum atomic E-state index is 14.3. The number of likely N-dealkylation sites (tertiary alicyclic amines) is 1. The van der Waals surface area contributed by atoms with Crippen LogP contribution in [0.2, 0.25) is 0 Å². The third kappa shape index (κ3) is 19.9. The maximum absolute atomic E-state index is 14.3. The molecule has 412 valence electrons. The number of hydrogen-bond donors (Lipinski definition) is 10. The van der Waals surface area contributed by atoms with Gasteiger partial charge in [0.2, 0.25) is 47.3 Å². The average Bonchev–Trinajstić information content (AvgIpc) is 3.86. The zero-order valence-electron chi connectivity index (χ0n) is 43.4. The predicted octanol–water partition coefficient (Wildman–Crippen LogP) is -6.17. The van der Waals surface area contributed by atoms with Gasteiger partial charge in [-0.15, -0.1) is 0 Å². The summed E-state index contributed by atoms with van der Waals surface area (Å²) in [6, 6.07) is -0.904. The Bertz CT molecular complexity index is 1900. The molecule has 4 fully saturated rings. The molecule has 26 nitrogen and oxygen atoms in total. The number of guanidine groups is 1. The van der Waals surface area contributed by atoms with E-state index in [1.807, 2.05) is 19.6 Å². The predicted molar refractivity (Wildman–Crippen MR) is 271 cm³/mol. The van der Waals surface area contributed by atoms with Crippen molar-refractivity contribution in [2.75, 3.05) is 126 Å². The number of aliphatic hydroxyl groups excluding tert-OH is 1. The molecular formula is C46H84BN15O11. The van der Waals surface area contributed by atoms with Gasteiger partial charge in [-0.05, 0) is 76.5 Å². The molecule has 8 amide bonds. The molecule has 73 heavy (non-hydrogen) atoms. The van der Waals surface area contributed by atoms with Gasteiger partial charge in [-0.2, -0.15) is 0 Å². The molecule has 2 aliphatic heterocycles. The van der Waals surface area contributed by atoms with Gasteiger partial charge < -0.3 is 68.7 Å². The zero-order valence-corrected chi connectivity index (χ0v) is 43.4. The first-order chi connectivity index (χ1) is 34.5. The number of rotatable bonds is 24. The van der Waals surface area contributed by atoms with Crippen molar-refractivity contribution in [2.24, 2.45) is 45.7 Å². The van der Waals surface area contributed by atoms with E-state index in [9.17, 15) is 53.5 Å². The summed E-state index contributed by atoms with van der Waals surface area (Å²) in [5.74, 6) is -4.01. The van der Waals surface area contributed by atoms with Crippen LogP contribution in [0.3, 0.4) is 0 Å². The van der Waals surface area contributed by atoms with Crippen molar-refractivity contribution in [2.45, 2.75) is 94.8 Å². The lowest BCUT2D eigenvalue weighted by Crippen LogP contribution is -2.54. The summed E-state index contributed by atoms with van der Waals surface area (Å²) in [5, 5.41) is 38.1. The number of carbonyl (C=O) groups is 8. The molecule has 4 aliphatic rings. The molecule has 0 aromatic carbocycles. The minimum atomic E-state index is -1.80. The Morgan fingerprint density at radius 1 is 0.753 bits per heavy atom. The van der Waals surface area contributed by atoms with Crippen LogP contribution in [-0.2, 0) is 38.4 Å². The van der Waals surface area contributed by atoms with Crippen LogP contribution in [0.15, 0.2) is 4.99 Å². The monoisotopic (exact) mass is 1030 g/mol. The van der Waals surface area contributed by atoms with E-state index >= 15 is 0 Å². The van der Waals surface area contributed by atoms with Crippen LogP contribution in [0, 0.1) is 17.8 Å². The molecule has 2 saturated heterocycles. The fourth-order valence-corrected chi connectivity index (χ4v) is 10.1. The summed E-state index contributed by atoms with van der Waals surface area (Å²) in [6.45, 7) is 5.44. The molecule has 0 aromatic heterocycles. The van der Waals surface area contributed by atoms with Crippen molar-refractivity contribution in [3.05, 3.63) is 0 Å². The van der Waals surface area contributed by atoms with Gasteiger partial charge in [0, 0.05) is 112 Å². The summed E-state index contributed by atoms with van der Waals surface area (Å²) in [6.07, 6.45) is 3.95. The maximum Gasteiger partial charge on any atom is 0.475 e. The van der Waals surface area contributed by atoms with E-state index in [2.05, 4.69) is 20.9 Å². The number of likely N-dealkylation sites (N-methyl/N-ethyl adjacent to an activating group) is 1. The van der Waals surface area contributed by atoms with E-state index in [-0.39, 0.29) is 86.9 Å². The molecule has 0 bridgehead atoms. The van der Waals surface area contributed by atoms with Crippen molar-refractivity contribution in [1.29, 1.82) is 0 Å². The van der Waals surface area contributed by atoms with E-state index in [4.69, 9.17) is 22.9 Å². The number of amides is 8. The molecule has 4 rings (SSSR count). The molecule has 0 spiro atoms. The number of nitrogens with two attached hydrogens (primary N) is 4. The highest BCUT2D eigenvalue weighted by molar-refractivity contribution is 6.43. The van der Waals surface area contributed by atoms with Crippen molar-refractivity contribution in [3.8, 4) is 0 Å². The molecular weight excluding hydrogens is 949 g/mol. The first kappa shape index (κ1) is 60.4. The SMILES string of the molecule is C[C@@H](NC(=O)C1CCC(CNC(=O)CCCCN(C)C(=O)C2(NC(=O)CN3CCN(CC(N)=O)CCN(CC(N)=O)CCN(CC(N)=O)CC3)CC2CCN=C(N)N(C)C)CC1)C(=O)N1C[C@@H](O)C[C@H]1B(O)O. The quantitative estimate of drug-likeness (QED) is 0.0186. The second kappa shape index (κ2) is 29.0. The lowest BCUT2D eigenvalue weighted by molar-refractivity contribution is -0.137. The normalized spacial score (nSPS) is 25.3. The number of β-amino-alcohol motifs (C(OH)–C–C–N with tert-alkyl or cyclic N) is 1. The summed E-state index contributed by atoms with van der Waals surface area (Å²) in [5.41, 5.74) is 21.5. The number of aliphatic hydroxyl groups is 1. The Hall–Kier alpha value is -5.19. The van der Waals surface area contributed by atoms with Gasteiger partial charge in [0.25, 0.3) is 0 Å². The fraction of sp³-hybridized carbons (Fsp3) is 0.804. The van der Waals surface area contributed by atoms with Crippen LogP contribution in [0.25, 0.3) is 0 Å². The lowest BCUT2D eigenvalue weighted by atomic mass is 9.77.